The predicted molar refractivity (Wildman–Crippen MR) is 227 cm³/mol. The first-order chi connectivity index (χ1) is 27.2. The molecule has 0 amide bonds. The number of allylic oxidation sites excluding steroid dienone is 2. The van der Waals surface area contributed by atoms with Gasteiger partial charge in [0.1, 0.15) is 23.0 Å². The number of para-hydroxylation sites is 2. The van der Waals surface area contributed by atoms with Crippen molar-refractivity contribution in [2.75, 3.05) is 4.90 Å². The zero-order chi connectivity index (χ0) is 36.3. The van der Waals surface area contributed by atoms with E-state index in [0.717, 1.165) is 55.9 Å². The Labute approximate surface area is 319 Å². The van der Waals surface area contributed by atoms with Gasteiger partial charge in [-0.3, -0.25) is 0 Å². The van der Waals surface area contributed by atoms with Gasteiger partial charge in [-0.2, -0.15) is 0 Å². The van der Waals surface area contributed by atoms with Crippen LogP contribution in [0.5, 0.6) is 5.75 Å². The van der Waals surface area contributed by atoms with Crippen molar-refractivity contribution < 1.29 is 9.15 Å². The van der Waals surface area contributed by atoms with E-state index in [1.54, 1.807) is 0 Å². The van der Waals surface area contributed by atoms with Crippen LogP contribution in [0.3, 0.4) is 0 Å². The summed E-state index contributed by atoms with van der Waals surface area (Å²) < 4.78 is 12.3. The van der Waals surface area contributed by atoms with Crippen LogP contribution in [0.15, 0.2) is 205 Å². The molecule has 55 heavy (non-hydrogen) atoms. The molecular formula is C52H35NO2. The minimum Gasteiger partial charge on any atom is -0.485 e. The summed E-state index contributed by atoms with van der Waals surface area (Å²) >= 11 is 0. The van der Waals surface area contributed by atoms with Crippen LogP contribution in [0.2, 0.25) is 0 Å². The smallest absolute Gasteiger partial charge is 0.135 e. The molecule has 0 fully saturated rings. The molecule has 2 aliphatic rings. The van der Waals surface area contributed by atoms with Crippen LogP contribution in [0.25, 0.3) is 60.5 Å². The Kier molecular flexibility index (Phi) is 7.31. The number of rotatable bonds is 6. The fourth-order valence-corrected chi connectivity index (χ4v) is 8.47. The molecule has 0 radical (unpaired) electrons. The molecule has 11 rings (SSSR count). The van der Waals surface area contributed by atoms with Gasteiger partial charge in [-0.15, -0.1) is 0 Å². The van der Waals surface area contributed by atoms with E-state index in [0.29, 0.717) is 0 Å². The van der Waals surface area contributed by atoms with Gasteiger partial charge < -0.3 is 14.1 Å². The van der Waals surface area contributed by atoms with Gasteiger partial charge >= 0.3 is 0 Å². The second-order valence-electron chi connectivity index (χ2n) is 14.4. The Morgan fingerprint density at radius 2 is 1.07 bits per heavy atom. The Balaban J connectivity index is 0.960. The maximum absolute atomic E-state index is 6.23. The highest BCUT2D eigenvalue weighted by Crippen LogP contribution is 2.44. The summed E-state index contributed by atoms with van der Waals surface area (Å²) in [6.45, 7) is 0. The van der Waals surface area contributed by atoms with Crippen molar-refractivity contribution >= 4 is 55.3 Å². The highest BCUT2D eigenvalue weighted by Gasteiger charge is 2.33. The molecule has 260 valence electrons. The fourth-order valence-electron chi connectivity index (χ4n) is 8.47. The largest absolute Gasteiger partial charge is 0.485 e. The first-order valence-corrected chi connectivity index (χ1v) is 18.9. The lowest BCUT2D eigenvalue weighted by Gasteiger charge is -2.26. The average molecular weight is 706 g/mol. The molecule has 0 saturated heterocycles. The molecule has 8 aromatic carbocycles. The van der Waals surface area contributed by atoms with Crippen molar-refractivity contribution in [3.8, 4) is 28.0 Å². The van der Waals surface area contributed by atoms with Gasteiger partial charge in [-0.05, 0) is 111 Å². The number of hydrogen-bond donors (Lipinski definition) is 0. The lowest BCUT2D eigenvalue weighted by molar-refractivity contribution is 0.269. The Morgan fingerprint density at radius 1 is 0.455 bits per heavy atom. The summed E-state index contributed by atoms with van der Waals surface area (Å²) in [5, 5.41) is 4.77. The molecule has 0 N–H and O–H groups in total. The Hall–Kier alpha value is -7.10. The topological polar surface area (TPSA) is 25.6 Å². The second kappa shape index (κ2) is 12.8. The van der Waals surface area contributed by atoms with Gasteiger partial charge in [-0.1, -0.05) is 133 Å². The highest BCUT2D eigenvalue weighted by atomic mass is 16.5. The van der Waals surface area contributed by atoms with Crippen molar-refractivity contribution in [2.45, 2.75) is 12.0 Å². The van der Waals surface area contributed by atoms with Crippen LogP contribution >= 0.6 is 0 Å². The molecular weight excluding hydrogens is 671 g/mol. The third kappa shape index (κ3) is 5.43. The number of anilines is 3. The number of fused-ring (bicyclic) bond motifs is 7. The molecule has 2 unspecified atom stereocenters. The van der Waals surface area contributed by atoms with E-state index in [1.165, 1.54) is 38.6 Å². The van der Waals surface area contributed by atoms with Gasteiger partial charge in [0.2, 0.25) is 0 Å². The van der Waals surface area contributed by atoms with E-state index in [1.807, 2.05) is 18.2 Å². The Bertz CT molecular complexity index is 2950. The summed E-state index contributed by atoms with van der Waals surface area (Å²) in [5.74, 6) is 1.21. The minimum atomic E-state index is 0.0525. The van der Waals surface area contributed by atoms with E-state index in [4.69, 9.17) is 9.15 Å². The van der Waals surface area contributed by atoms with Gasteiger partial charge in [0.15, 0.2) is 0 Å². The molecule has 1 aliphatic carbocycles. The minimum absolute atomic E-state index is 0.0525. The van der Waals surface area contributed by atoms with Gasteiger partial charge in [0, 0.05) is 39.3 Å². The zero-order valence-electron chi connectivity index (χ0n) is 30.0. The number of hydrogen-bond acceptors (Lipinski definition) is 3. The van der Waals surface area contributed by atoms with Crippen LogP contribution in [0, 0.1) is 0 Å². The van der Waals surface area contributed by atoms with Gasteiger partial charge in [-0.25, -0.2) is 0 Å². The normalized spacial score (nSPS) is 15.8. The molecule has 2 heterocycles. The first-order valence-electron chi connectivity index (χ1n) is 18.9. The quantitative estimate of drug-likeness (QED) is 0.172. The molecule has 1 aliphatic heterocycles. The van der Waals surface area contributed by atoms with Crippen LogP contribution in [0.1, 0.15) is 17.0 Å². The SMILES string of the molecule is C1=CC2Oc3ccccc3C2C=C1c1ccc(N(c2ccc(-c3ccc4oc5ccccc5c4c3)cc2)c2ccc(-c3cccc4ccccc34)cc2)cc1. The summed E-state index contributed by atoms with van der Waals surface area (Å²) in [4.78, 5) is 2.34. The monoisotopic (exact) mass is 705 g/mol. The zero-order valence-corrected chi connectivity index (χ0v) is 30.0. The van der Waals surface area contributed by atoms with E-state index in [9.17, 15) is 0 Å². The predicted octanol–water partition coefficient (Wildman–Crippen LogP) is 14.0. The molecule has 0 saturated carbocycles. The molecule has 9 aromatic rings. The van der Waals surface area contributed by atoms with E-state index >= 15 is 0 Å². The first kappa shape index (κ1) is 31.4. The van der Waals surface area contributed by atoms with E-state index < -0.39 is 0 Å². The number of furan rings is 1. The highest BCUT2D eigenvalue weighted by molar-refractivity contribution is 6.06. The van der Waals surface area contributed by atoms with Crippen LogP contribution in [-0.4, -0.2) is 6.10 Å². The molecule has 3 heteroatoms. The molecule has 3 nitrogen and oxygen atoms in total. The average Bonchev–Trinajstić information content (AvgIpc) is 3.82. The van der Waals surface area contributed by atoms with Crippen LogP contribution < -0.4 is 9.64 Å². The molecule has 2 atom stereocenters. The summed E-state index contributed by atoms with van der Waals surface area (Å²) in [6, 6.07) is 65.0. The summed E-state index contributed by atoms with van der Waals surface area (Å²) in [5.41, 5.74) is 13.5. The maximum Gasteiger partial charge on any atom is 0.135 e. The third-order valence-corrected chi connectivity index (χ3v) is 11.2. The van der Waals surface area contributed by atoms with Gasteiger partial charge in [0.05, 0.1) is 0 Å². The number of ether oxygens (including phenoxy) is 1. The standard InChI is InChI=1S/C52H35NO2/c1-2-10-43-36(8-1)9-7-13-44(43)37-20-28-42(29-21-37)53(40-24-16-34(17-25-40)38-22-30-51-47(32-38)45-11-3-5-14-49(45)54-51)41-26-18-35(19-27-41)39-23-31-52-48(33-39)46-12-4-6-15-50(46)55-52/h1-33,47,51H. The Morgan fingerprint density at radius 3 is 1.87 bits per heavy atom. The second-order valence-corrected chi connectivity index (χ2v) is 14.4. The number of nitrogens with zero attached hydrogens (tertiary/aromatic N) is 1. The summed E-state index contributed by atoms with van der Waals surface area (Å²) in [6.07, 6.45) is 6.81. The summed E-state index contributed by atoms with van der Waals surface area (Å²) in [7, 11) is 0. The lowest BCUT2D eigenvalue weighted by Crippen LogP contribution is -2.17. The fraction of sp³-hybridized carbons (Fsp3) is 0.0385. The number of benzene rings is 8. The van der Waals surface area contributed by atoms with Crippen molar-refractivity contribution in [1.82, 2.24) is 0 Å². The van der Waals surface area contributed by atoms with Crippen LogP contribution in [0.4, 0.5) is 17.1 Å². The van der Waals surface area contributed by atoms with Crippen molar-refractivity contribution in [3.63, 3.8) is 0 Å². The van der Waals surface area contributed by atoms with E-state index in [2.05, 4.69) is 187 Å². The van der Waals surface area contributed by atoms with Crippen molar-refractivity contribution in [1.29, 1.82) is 0 Å². The lowest BCUT2D eigenvalue weighted by atomic mass is 9.87. The van der Waals surface area contributed by atoms with Crippen molar-refractivity contribution in [2.24, 2.45) is 0 Å². The molecule has 1 aromatic heterocycles. The van der Waals surface area contributed by atoms with Crippen LogP contribution in [-0.2, 0) is 0 Å². The van der Waals surface area contributed by atoms with Crippen molar-refractivity contribution in [3.05, 3.63) is 211 Å². The maximum atomic E-state index is 6.23. The third-order valence-electron chi connectivity index (χ3n) is 11.2. The van der Waals surface area contributed by atoms with E-state index in [-0.39, 0.29) is 12.0 Å². The molecule has 0 bridgehead atoms. The van der Waals surface area contributed by atoms with Gasteiger partial charge in [0.25, 0.3) is 0 Å². The molecule has 0 spiro atoms.